The number of carbonyl (C=O) groups excluding carboxylic acids is 1. The summed E-state index contributed by atoms with van der Waals surface area (Å²) in [5, 5.41) is 7.12. The van der Waals surface area contributed by atoms with Gasteiger partial charge in [0, 0.05) is 23.7 Å². The number of methoxy groups -OCH3 is 1. The van der Waals surface area contributed by atoms with E-state index in [0.717, 1.165) is 24.2 Å². The molecule has 1 N–H and O–H groups in total. The van der Waals surface area contributed by atoms with Crippen LogP contribution < -0.4 is 10.1 Å². The molecule has 0 atom stereocenters. The monoisotopic (exact) mass is 309 g/mol. The highest BCUT2D eigenvalue weighted by Gasteiger charge is 2.30. The smallest absolute Gasteiger partial charge is 0.249 e. The number of benzene rings is 1. The van der Waals surface area contributed by atoms with Crippen LogP contribution in [0.4, 0.5) is 5.95 Å². The molecule has 0 saturated heterocycles. The number of rotatable bonds is 4. The summed E-state index contributed by atoms with van der Waals surface area (Å²) >= 11 is 0. The lowest BCUT2D eigenvalue weighted by Gasteiger charge is -2.04. The third-order valence-corrected chi connectivity index (χ3v) is 3.78. The molecule has 7 heteroatoms. The van der Waals surface area contributed by atoms with E-state index in [9.17, 15) is 4.79 Å². The highest BCUT2D eigenvalue weighted by molar-refractivity contribution is 5.92. The summed E-state index contributed by atoms with van der Waals surface area (Å²) in [4.78, 5) is 20.6. The number of hydrogen-bond donors (Lipinski definition) is 1. The summed E-state index contributed by atoms with van der Waals surface area (Å²) in [5.74, 6) is 1.84. The Kier molecular flexibility index (Phi) is 3.18. The zero-order valence-electron chi connectivity index (χ0n) is 12.6. The van der Waals surface area contributed by atoms with Crippen molar-refractivity contribution in [1.82, 2.24) is 19.6 Å². The van der Waals surface area contributed by atoms with Gasteiger partial charge in [0.05, 0.1) is 7.11 Å². The lowest BCUT2D eigenvalue weighted by molar-refractivity contribution is -0.117. The molecule has 1 aromatic carbocycles. The van der Waals surface area contributed by atoms with Gasteiger partial charge in [0.25, 0.3) is 0 Å². The summed E-state index contributed by atoms with van der Waals surface area (Å²) in [7, 11) is 1.63. The average Bonchev–Trinajstić information content (AvgIpc) is 3.35. The molecule has 7 nitrogen and oxygen atoms in total. The van der Waals surface area contributed by atoms with Gasteiger partial charge in [-0.25, -0.2) is 4.98 Å². The quantitative estimate of drug-likeness (QED) is 0.798. The van der Waals surface area contributed by atoms with Gasteiger partial charge < -0.3 is 4.74 Å². The standard InChI is InChI=1S/C16H15N5O2/c1-23-12-6-4-10(5-7-12)14-17-9-8-13-18-16(20-21(13)14)19-15(22)11-2-3-11/h4-9,11H,2-3H2,1H3,(H,19,20,22). The van der Waals surface area contributed by atoms with Crippen molar-refractivity contribution in [1.29, 1.82) is 0 Å². The molecule has 1 saturated carbocycles. The topological polar surface area (TPSA) is 81.4 Å². The molecule has 1 aliphatic carbocycles. The molecule has 23 heavy (non-hydrogen) atoms. The molecule has 1 aliphatic rings. The van der Waals surface area contributed by atoms with Crippen LogP contribution in [0.25, 0.3) is 17.0 Å². The molecule has 0 spiro atoms. The molecular weight excluding hydrogens is 294 g/mol. The largest absolute Gasteiger partial charge is 0.497 e. The number of fused-ring (bicyclic) bond motifs is 1. The summed E-state index contributed by atoms with van der Waals surface area (Å²) in [6, 6.07) is 9.30. The highest BCUT2D eigenvalue weighted by atomic mass is 16.5. The van der Waals surface area contributed by atoms with Gasteiger partial charge >= 0.3 is 0 Å². The fourth-order valence-electron chi connectivity index (χ4n) is 2.36. The Balaban J connectivity index is 1.71. The zero-order valence-corrected chi connectivity index (χ0v) is 12.6. The van der Waals surface area contributed by atoms with Crippen LogP contribution in [0.3, 0.4) is 0 Å². The maximum absolute atomic E-state index is 11.8. The Morgan fingerprint density at radius 2 is 2.04 bits per heavy atom. The molecule has 1 fully saturated rings. The minimum absolute atomic E-state index is 0.0140. The lowest BCUT2D eigenvalue weighted by atomic mass is 10.2. The van der Waals surface area contributed by atoms with Crippen molar-refractivity contribution < 1.29 is 9.53 Å². The lowest BCUT2D eigenvalue weighted by Crippen LogP contribution is -2.14. The number of aromatic nitrogens is 4. The second kappa shape index (κ2) is 5.35. The normalized spacial score (nSPS) is 14.0. The second-order valence-electron chi connectivity index (χ2n) is 5.47. The maximum Gasteiger partial charge on any atom is 0.249 e. The fourth-order valence-corrected chi connectivity index (χ4v) is 2.36. The number of hydrogen-bond acceptors (Lipinski definition) is 5. The molecule has 3 aromatic rings. The van der Waals surface area contributed by atoms with Crippen LogP contribution in [0.15, 0.2) is 36.5 Å². The fraction of sp³-hybridized carbons (Fsp3) is 0.250. The highest BCUT2D eigenvalue weighted by Crippen LogP contribution is 2.30. The van der Waals surface area contributed by atoms with Crippen molar-refractivity contribution in [2.75, 3.05) is 12.4 Å². The first-order chi connectivity index (χ1) is 11.2. The maximum atomic E-state index is 11.8. The van der Waals surface area contributed by atoms with Crippen LogP contribution in [-0.4, -0.2) is 32.6 Å². The molecule has 0 aliphatic heterocycles. The van der Waals surface area contributed by atoms with E-state index in [-0.39, 0.29) is 11.8 Å². The molecule has 0 unspecified atom stereocenters. The van der Waals surface area contributed by atoms with E-state index in [1.165, 1.54) is 0 Å². The molecule has 4 rings (SSSR count). The van der Waals surface area contributed by atoms with Crippen molar-refractivity contribution in [2.45, 2.75) is 12.8 Å². The van der Waals surface area contributed by atoms with Crippen molar-refractivity contribution in [3.63, 3.8) is 0 Å². The first-order valence-corrected chi connectivity index (χ1v) is 7.41. The number of nitrogens with zero attached hydrogens (tertiary/aromatic N) is 4. The van der Waals surface area contributed by atoms with Gasteiger partial charge in [-0.1, -0.05) is 0 Å². The van der Waals surface area contributed by atoms with Gasteiger partial charge in [-0.05, 0) is 37.1 Å². The van der Waals surface area contributed by atoms with E-state index in [1.54, 1.807) is 23.9 Å². The van der Waals surface area contributed by atoms with Crippen LogP contribution in [0.1, 0.15) is 12.8 Å². The number of nitrogens with one attached hydrogen (secondary N) is 1. The number of amides is 1. The summed E-state index contributed by atoms with van der Waals surface area (Å²) in [6.45, 7) is 0. The zero-order chi connectivity index (χ0) is 15.8. The Hall–Kier alpha value is -2.96. The van der Waals surface area contributed by atoms with Crippen molar-refractivity contribution in [3.05, 3.63) is 36.5 Å². The predicted octanol–water partition coefficient (Wildman–Crippen LogP) is 2.15. The van der Waals surface area contributed by atoms with E-state index < -0.39 is 0 Å². The van der Waals surface area contributed by atoms with Crippen molar-refractivity contribution in [2.24, 2.45) is 5.92 Å². The third-order valence-electron chi connectivity index (χ3n) is 3.78. The molecule has 0 radical (unpaired) electrons. The average molecular weight is 309 g/mol. The number of ether oxygens (including phenoxy) is 1. The first kappa shape index (κ1) is 13.7. The van der Waals surface area contributed by atoms with Crippen LogP contribution in [0.2, 0.25) is 0 Å². The first-order valence-electron chi connectivity index (χ1n) is 7.41. The Morgan fingerprint density at radius 1 is 1.26 bits per heavy atom. The van der Waals surface area contributed by atoms with Gasteiger partial charge in [0.2, 0.25) is 11.9 Å². The van der Waals surface area contributed by atoms with E-state index in [2.05, 4.69) is 20.4 Å². The van der Waals surface area contributed by atoms with E-state index in [1.807, 2.05) is 24.3 Å². The van der Waals surface area contributed by atoms with Crippen LogP contribution >= 0.6 is 0 Å². The Morgan fingerprint density at radius 3 is 2.74 bits per heavy atom. The molecule has 0 bridgehead atoms. The summed E-state index contributed by atoms with van der Waals surface area (Å²) in [6.07, 6.45) is 3.56. The van der Waals surface area contributed by atoms with Gasteiger partial charge in [0.1, 0.15) is 5.75 Å². The van der Waals surface area contributed by atoms with Gasteiger partial charge in [-0.3, -0.25) is 10.1 Å². The van der Waals surface area contributed by atoms with E-state index in [4.69, 9.17) is 4.74 Å². The summed E-state index contributed by atoms with van der Waals surface area (Å²) < 4.78 is 6.80. The van der Waals surface area contributed by atoms with Gasteiger partial charge in [0.15, 0.2) is 11.5 Å². The predicted molar refractivity (Wildman–Crippen MR) is 84.1 cm³/mol. The minimum atomic E-state index is -0.0140. The van der Waals surface area contributed by atoms with Crippen molar-refractivity contribution >= 4 is 17.5 Å². The second-order valence-corrected chi connectivity index (χ2v) is 5.47. The molecule has 116 valence electrons. The van der Waals surface area contributed by atoms with Crippen LogP contribution in [-0.2, 0) is 4.79 Å². The van der Waals surface area contributed by atoms with Gasteiger partial charge in [-0.2, -0.15) is 9.50 Å². The third kappa shape index (κ3) is 2.61. The summed E-state index contributed by atoms with van der Waals surface area (Å²) in [5.41, 5.74) is 1.53. The minimum Gasteiger partial charge on any atom is -0.497 e. The molecule has 2 heterocycles. The molecule has 1 amide bonds. The molecule has 2 aromatic heterocycles. The molecular formula is C16H15N5O2. The van der Waals surface area contributed by atoms with Crippen LogP contribution in [0, 0.1) is 5.92 Å². The SMILES string of the molecule is COc1ccc(-c2nccc3nc(NC(=O)C4CC4)nn23)cc1. The van der Waals surface area contributed by atoms with E-state index in [0.29, 0.717) is 17.4 Å². The Labute approximate surface area is 132 Å². The Bertz CT molecular complexity index is 868. The number of carbonyl (C=O) groups is 1. The van der Waals surface area contributed by atoms with Crippen molar-refractivity contribution in [3.8, 4) is 17.1 Å². The van der Waals surface area contributed by atoms with Gasteiger partial charge in [-0.15, -0.1) is 5.10 Å². The van der Waals surface area contributed by atoms with E-state index >= 15 is 0 Å². The van der Waals surface area contributed by atoms with Crippen LogP contribution in [0.5, 0.6) is 5.75 Å². The number of anilines is 1.